The lowest BCUT2D eigenvalue weighted by Gasteiger charge is -2.16. The van der Waals surface area contributed by atoms with Crippen molar-refractivity contribution < 1.29 is 22.7 Å². The van der Waals surface area contributed by atoms with Crippen LogP contribution in [0.15, 0.2) is 83.8 Å². The number of hydrogen-bond donors (Lipinski definition) is 0. The molecule has 0 aliphatic carbocycles. The Morgan fingerprint density at radius 1 is 0.971 bits per heavy atom. The minimum atomic E-state index is -4.43. The molecule has 5 nitrogen and oxygen atoms in total. The van der Waals surface area contributed by atoms with Gasteiger partial charge in [0.05, 0.1) is 11.1 Å². The van der Waals surface area contributed by atoms with Crippen molar-refractivity contribution in [3.8, 4) is 22.6 Å². The Bertz CT molecular complexity index is 1410. The van der Waals surface area contributed by atoms with Gasteiger partial charge in [-0.25, -0.2) is 0 Å². The van der Waals surface area contributed by atoms with E-state index in [1.807, 2.05) is 12.1 Å². The lowest BCUT2D eigenvalue weighted by Crippen LogP contribution is -2.26. The summed E-state index contributed by atoms with van der Waals surface area (Å²) in [6, 6.07) is 18.3. The average Bonchev–Trinajstić information content (AvgIpc) is 2.81. The standard InChI is InChI=1S/C26H21F3N2O3/c1-30(2)25(33)16-31-14-13-23(32)21-12-7-17(15-22(21)31)20-5-3-4-6-24(20)34-19-10-8-18(9-11-19)26(27,28)29/h3-15H,16H2,1-2H3. The summed E-state index contributed by atoms with van der Waals surface area (Å²) in [6.45, 7) is 0.0664. The summed E-state index contributed by atoms with van der Waals surface area (Å²) in [4.78, 5) is 26.1. The molecule has 0 bridgehead atoms. The Morgan fingerprint density at radius 2 is 1.68 bits per heavy atom. The van der Waals surface area contributed by atoms with Crippen molar-refractivity contribution in [2.75, 3.05) is 14.1 Å². The maximum Gasteiger partial charge on any atom is 0.416 e. The van der Waals surface area contributed by atoms with E-state index in [0.29, 0.717) is 22.2 Å². The van der Waals surface area contributed by atoms with Gasteiger partial charge in [-0.05, 0) is 48.0 Å². The van der Waals surface area contributed by atoms with E-state index in [1.165, 1.54) is 23.1 Å². The van der Waals surface area contributed by atoms with Gasteiger partial charge in [-0.2, -0.15) is 13.2 Å². The van der Waals surface area contributed by atoms with Crippen molar-refractivity contribution in [1.29, 1.82) is 0 Å². The third kappa shape index (κ3) is 4.80. The summed E-state index contributed by atoms with van der Waals surface area (Å²) in [5, 5.41) is 0.471. The lowest BCUT2D eigenvalue weighted by molar-refractivity contribution is -0.137. The van der Waals surface area contributed by atoms with E-state index < -0.39 is 11.7 Å². The highest BCUT2D eigenvalue weighted by Crippen LogP contribution is 2.36. The molecular formula is C26H21F3N2O3. The van der Waals surface area contributed by atoms with E-state index in [9.17, 15) is 22.8 Å². The normalized spacial score (nSPS) is 11.4. The second kappa shape index (κ2) is 9.05. The number of pyridine rings is 1. The summed E-state index contributed by atoms with van der Waals surface area (Å²) < 4.78 is 46.2. The van der Waals surface area contributed by atoms with Crippen LogP contribution in [0.25, 0.3) is 22.0 Å². The zero-order chi connectivity index (χ0) is 24.5. The Morgan fingerprint density at radius 3 is 2.35 bits per heavy atom. The maximum absolute atomic E-state index is 12.9. The van der Waals surface area contributed by atoms with Crippen molar-refractivity contribution in [3.05, 3.63) is 94.8 Å². The molecule has 0 atom stereocenters. The molecule has 0 N–H and O–H groups in total. The van der Waals surface area contributed by atoms with Crippen LogP contribution in [0.4, 0.5) is 13.2 Å². The van der Waals surface area contributed by atoms with Crippen LogP contribution in [0, 0.1) is 0 Å². The summed E-state index contributed by atoms with van der Waals surface area (Å²) in [6.07, 6.45) is -2.84. The molecule has 8 heteroatoms. The zero-order valence-electron chi connectivity index (χ0n) is 18.5. The minimum Gasteiger partial charge on any atom is -0.457 e. The number of alkyl halides is 3. The molecule has 4 rings (SSSR count). The van der Waals surface area contributed by atoms with Crippen molar-refractivity contribution in [2.45, 2.75) is 12.7 Å². The zero-order valence-corrected chi connectivity index (χ0v) is 18.5. The van der Waals surface area contributed by atoms with E-state index >= 15 is 0 Å². The van der Waals surface area contributed by atoms with Gasteiger partial charge in [0.2, 0.25) is 5.91 Å². The number of nitrogens with zero attached hydrogens (tertiary/aromatic N) is 2. The summed E-state index contributed by atoms with van der Waals surface area (Å²) in [5.41, 5.74) is 1.08. The number of hydrogen-bond acceptors (Lipinski definition) is 3. The molecule has 0 saturated heterocycles. The number of para-hydroxylation sites is 1. The number of halogens is 3. The molecule has 0 fully saturated rings. The number of rotatable bonds is 5. The first-order valence-corrected chi connectivity index (χ1v) is 10.4. The van der Waals surface area contributed by atoms with E-state index in [-0.39, 0.29) is 23.6 Å². The number of amides is 1. The van der Waals surface area contributed by atoms with Crippen molar-refractivity contribution >= 4 is 16.8 Å². The first kappa shape index (κ1) is 23.1. The molecule has 3 aromatic carbocycles. The maximum atomic E-state index is 12.9. The summed E-state index contributed by atoms with van der Waals surface area (Å²) >= 11 is 0. The van der Waals surface area contributed by atoms with Gasteiger partial charge in [-0.3, -0.25) is 9.59 Å². The number of fused-ring (bicyclic) bond motifs is 1. The van der Waals surface area contributed by atoms with Gasteiger partial charge < -0.3 is 14.2 Å². The molecule has 1 heterocycles. The number of aromatic nitrogens is 1. The van der Waals surface area contributed by atoms with Gasteiger partial charge in [-0.1, -0.05) is 24.3 Å². The number of carbonyl (C=O) groups is 1. The Kier molecular flexibility index (Phi) is 6.15. The van der Waals surface area contributed by atoms with Crippen LogP contribution < -0.4 is 10.2 Å². The monoisotopic (exact) mass is 466 g/mol. The molecule has 174 valence electrons. The van der Waals surface area contributed by atoms with Crippen LogP contribution in [0.2, 0.25) is 0 Å². The molecule has 34 heavy (non-hydrogen) atoms. The largest absolute Gasteiger partial charge is 0.457 e. The second-order valence-corrected chi connectivity index (χ2v) is 7.95. The molecular weight excluding hydrogens is 445 g/mol. The molecule has 0 radical (unpaired) electrons. The Hall–Kier alpha value is -4.07. The van der Waals surface area contributed by atoms with Gasteiger partial charge in [0.15, 0.2) is 5.43 Å². The predicted octanol–water partition coefficient (Wildman–Crippen LogP) is 5.57. The Balaban J connectivity index is 1.74. The van der Waals surface area contributed by atoms with Gasteiger partial charge in [0.25, 0.3) is 0 Å². The number of carbonyl (C=O) groups excluding carboxylic acids is 1. The van der Waals surface area contributed by atoms with Gasteiger partial charge >= 0.3 is 6.18 Å². The van der Waals surface area contributed by atoms with Crippen LogP contribution in [0.1, 0.15) is 5.56 Å². The first-order chi connectivity index (χ1) is 16.1. The molecule has 0 spiro atoms. The average molecular weight is 466 g/mol. The van der Waals surface area contributed by atoms with Crippen LogP contribution in [0.3, 0.4) is 0 Å². The van der Waals surface area contributed by atoms with E-state index in [1.54, 1.807) is 55.2 Å². The van der Waals surface area contributed by atoms with Crippen LogP contribution >= 0.6 is 0 Å². The van der Waals surface area contributed by atoms with Crippen LogP contribution in [-0.4, -0.2) is 29.5 Å². The van der Waals surface area contributed by atoms with Crippen molar-refractivity contribution in [1.82, 2.24) is 9.47 Å². The van der Waals surface area contributed by atoms with Crippen LogP contribution in [-0.2, 0) is 17.5 Å². The van der Waals surface area contributed by atoms with Crippen LogP contribution in [0.5, 0.6) is 11.5 Å². The molecule has 1 aromatic heterocycles. The van der Waals surface area contributed by atoms with E-state index in [4.69, 9.17) is 4.74 Å². The van der Waals surface area contributed by atoms with Crippen molar-refractivity contribution in [3.63, 3.8) is 0 Å². The highest BCUT2D eigenvalue weighted by Gasteiger charge is 2.30. The molecule has 1 amide bonds. The third-order valence-electron chi connectivity index (χ3n) is 5.39. The smallest absolute Gasteiger partial charge is 0.416 e. The first-order valence-electron chi connectivity index (χ1n) is 10.4. The van der Waals surface area contributed by atoms with Crippen molar-refractivity contribution in [2.24, 2.45) is 0 Å². The highest BCUT2D eigenvalue weighted by molar-refractivity contribution is 5.87. The molecule has 0 saturated carbocycles. The molecule has 0 aliphatic rings. The molecule has 4 aromatic rings. The molecule has 0 aliphatic heterocycles. The topological polar surface area (TPSA) is 51.5 Å². The number of benzene rings is 3. The fourth-order valence-electron chi connectivity index (χ4n) is 3.53. The Labute approximate surface area is 193 Å². The number of ether oxygens (including phenoxy) is 1. The second-order valence-electron chi connectivity index (χ2n) is 7.95. The lowest BCUT2D eigenvalue weighted by atomic mass is 10.0. The van der Waals surface area contributed by atoms with E-state index in [0.717, 1.165) is 17.7 Å². The SMILES string of the molecule is CN(C)C(=O)Cn1ccc(=O)c2ccc(-c3ccccc3Oc3ccc(C(F)(F)F)cc3)cc21. The highest BCUT2D eigenvalue weighted by atomic mass is 19.4. The summed E-state index contributed by atoms with van der Waals surface area (Å²) in [7, 11) is 3.32. The van der Waals surface area contributed by atoms with Gasteiger partial charge in [0.1, 0.15) is 18.0 Å². The fourth-order valence-corrected chi connectivity index (χ4v) is 3.53. The number of likely N-dealkylation sites (N-methyl/N-ethyl adjacent to an activating group) is 1. The van der Waals surface area contributed by atoms with E-state index in [2.05, 4.69) is 0 Å². The van der Waals surface area contributed by atoms with Gasteiger partial charge in [-0.15, -0.1) is 0 Å². The summed E-state index contributed by atoms with van der Waals surface area (Å²) in [5.74, 6) is 0.576. The van der Waals surface area contributed by atoms with Gasteiger partial charge in [0, 0.05) is 37.3 Å². The molecule has 0 unspecified atom stereocenters. The fraction of sp³-hybridized carbons (Fsp3) is 0.154. The minimum absolute atomic E-state index is 0.0664. The quantitative estimate of drug-likeness (QED) is 0.387. The third-order valence-corrected chi connectivity index (χ3v) is 5.39. The predicted molar refractivity (Wildman–Crippen MR) is 124 cm³/mol.